The molecule has 3 aromatic rings. The number of para-hydroxylation sites is 1. The van der Waals surface area contributed by atoms with Gasteiger partial charge in [-0.05, 0) is 38.0 Å². The average Bonchev–Trinajstić information content (AvgIpc) is 3.81. The maximum absolute atomic E-state index is 14.0. The maximum Gasteiger partial charge on any atom is 0.342 e. The van der Waals surface area contributed by atoms with E-state index in [-0.39, 0.29) is 29.1 Å². The van der Waals surface area contributed by atoms with Crippen molar-refractivity contribution < 1.29 is 47.8 Å². The molecule has 1 aromatic carbocycles. The molecule has 17 heteroatoms. The predicted molar refractivity (Wildman–Crippen MR) is 181 cm³/mol. The van der Waals surface area contributed by atoms with Gasteiger partial charge in [0.25, 0.3) is 0 Å². The van der Waals surface area contributed by atoms with Crippen molar-refractivity contribution in [3.63, 3.8) is 0 Å². The number of aliphatic hydroxyl groups excluding tert-OH is 2. The van der Waals surface area contributed by atoms with Crippen LogP contribution >= 0.6 is 19.1 Å². The van der Waals surface area contributed by atoms with Crippen LogP contribution in [0.4, 0.5) is 5.69 Å². The highest BCUT2D eigenvalue weighted by Gasteiger charge is 2.45. The minimum absolute atomic E-state index is 0.00952. The highest BCUT2D eigenvalue weighted by atomic mass is 35.5. The quantitative estimate of drug-likeness (QED) is 0.0738. The van der Waals surface area contributed by atoms with Gasteiger partial charge in [0, 0.05) is 17.6 Å². The molecule has 270 valence electrons. The minimum Gasteiger partial charge on any atom is -0.431 e. The number of aliphatic hydroxyl groups is 2. The number of esters is 2. The number of nitrogens with one attached hydrogen (secondary N) is 2. The number of carbonyl (C=O) groups is 2. The molecule has 2 unspecified atom stereocenters. The van der Waals surface area contributed by atoms with Crippen LogP contribution in [0, 0.1) is 17.2 Å². The Bertz CT molecular complexity index is 1750. The zero-order valence-corrected chi connectivity index (χ0v) is 29.5. The molecule has 1 saturated heterocycles. The highest BCUT2D eigenvalue weighted by Crippen LogP contribution is 2.44. The molecule has 15 nitrogen and oxygen atoms in total. The lowest BCUT2D eigenvalue weighted by molar-refractivity contribution is -0.170. The van der Waals surface area contributed by atoms with Crippen LogP contribution in [0.2, 0.25) is 5.15 Å². The van der Waals surface area contributed by atoms with Gasteiger partial charge >= 0.3 is 19.5 Å². The Hall–Kier alpha value is -3.74. The number of nitriles is 1. The van der Waals surface area contributed by atoms with Crippen LogP contribution in [0.25, 0.3) is 11.0 Å². The van der Waals surface area contributed by atoms with Crippen LogP contribution in [0.3, 0.4) is 0 Å². The molecule has 1 aliphatic heterocycles. The molecule has 3 heterocycles. The molecule has 0 amide bonds. The summed E-state index contributed by atoms with van der Waals surface area (Å²) in [6.45, 7) is 3.74. The van der Waals surface area contributed by atoms with Crippen molar-refractivity contribution in [3.05, 3.63) is 53.3 Å². The number of halogens is 1. The number of hydrogen-bond donors (Lipinski definition) is 4. The number of carbonyl (C=O) groups excluding carboxylic acids is 2. The number of pyridine rings is 1. The summed E-state index contributed by atoms with van der Waals surface area (Å²) in [6.07, 6.45) is 0.167. The number of ether oxygens (including phenoxy) is 4. The second kappa shape index (κ2) is 16.5. The third-order valence-electron chi connectivity index (χ3n) is 8.40. The van der Waals surface area contributed by atoms with Gasteiger partial charge in [0.15, 0.2) is 11.4 Å². The van der Waals surface area contributed by atoms with E-state index >= 15 is 0 Å². The normalized spacial score (nSPS) is 22.6. The van der Waals surface area contributed by atoms with Gasteiger partial charge in [0.05, 0.1) is 18.2 Å². The molecular formula is C33H41ClN5O10P. The number of fused-ring (bicyclic) bond motifs is 1. The monoisotopic (exact) mass is 733 g/mol. The van der Waals surface area contributed by atoms with E-state index in [2.05, 4.69) is 21.5 Å². The van der Waals surface area contributed by atoms with Gasteiger partial charge in [-0.25, -0.2) is 10.1 Å². The summed E-state index contributed by atoms with van der Waals surface area (Å²) < 4.78 is 42.9. The lowest BCUT2D eigenvalue weighted by atomic mass is 10.1. The Morgan fingerprint density at radius 1 is 1.12 bits per heavy atom. The average molecular weight is 734 g/mol. The SMILES string of the molecule is CC(C)C(=O)OCOC(=O)C(C)NP(=O)(COC[C@H]1O[C@@H](n2ccc3c(NC4CCCC4)c(C#N)c(Cl)nc32)[C@H](O)[C@@H]1O)Oc1ccccc1. The van der Waals surface area contributed by atoms with Crippen molar-refractivity contribution in [2.75, 3.05) is 25.1 Å². The summed E-state index contributed by atoms with van der Waals surface area (Å²) >= 11 is 6.44. The van der Waals surface area contributed by atoms with Crippen molar-refractivity contribution in [1.82, 2.24) is 14.6 Å². The maximum atomic E-state index is 14.0. The van der Waals surface area contributed by atoms with Crippen LogP contribution in [-0.4, -0.2) is 81.8 Å². The molecular weight excluding hydrogens is 693 g/mol. The van der Waals surface area contributed by atoms with Crippen molar-refractivity contribution in [2.45, 2.75) is 83.1 Å². The molecule has 0 spiro atoms. The highest BCUT2D eigenvalue weighted by molar-refractivity contribution is 7.57. The molecule has 6 atom stereocenters. The summed E-state index contributed by atoms with van der Waals surface area (Å²) in [5.41, 5.74) is 1.12. The van der Waals surface area contributed by atoms with E-state index in [9.17, 15) is 29.6 Å². The first-order valence-electron chi connectivity index (χ1n) is 16.3. The fourth-order valence-corrected chi connectivity index (χ4v) is 7.68. The van der Waals surface area contributed by atoms with E-state index < -0.39 is 69.1 Å². The van der Waals surface area contributed by atoms with Gasteiger partial charge in [0.1, 0.15) is 53.7 Å². The Labute approximate surface area is 294 Å². The van der Waals surface area contributed by atoms with Crippen molar-refractivity contribution >= 4 is 47.8 Å². The number of rotatable bonds is 15. The molecule has 1 aliphatic carbocycles. The van der Waals surface area contributed by atoms with Gasteiger partial charge < -0.3 is 43.6 Å². The fourth-order valence-electron chi connectivity index (χ4n) is 5.78. The number of aromatic nitrogens is 2. The topological polar surface area (TPSA) is 203 Å². The lowest BCUT2D eigenvalue weighted by Gasteiger charge is -2.24. The number of hydrogen-bond acceptors (Lipinski definition) is 13. The van der Waals surface area contributed by atoms with Crippen LogP contribution in [0.5, 0.6) is 5.75 Å². The molecule has 0 bridgehead atoms. The second-order valence-electron chi connectivity index (χ2n) is 12.5. The molecule has 0 radical (unpaired) electrons. The molecule has 2 aliphatic rings. The molecule has 2 fully saturated rings. The van der Waals surface area contributed by atoms with E-state index in [0.717, 1.165) is 25.7 Å². The predicted octanol–water partition coefficient (Wildman–Crippen LogP) is 4.46. The van der Waals surface area contributed by atoms with E-state index in [0.29, 0.717) is 16.7 Å². The Morgan fingerprint density at radius 2 is 1.82 bits per heavy atom. The van der Waals surface area contributed by atoms with Crippen LogP contribution in [-0.2, 0) is 33.1 Å². The van der Waals surface area contributed by atoms with E-state index in [1.165, 1.54) is 11.5 Å². The van der Waals surface area contributed by atoms with E-state index in [4.69, 9.17) is 35.1 Å². The number of nitrogens with zero attached hydrogens (tertiary/aromatic N) is 3. The first-order valence-corrected chi connectivity index (χ1v) is 18.5. The zero-order chi connectivity index (χ0) is 36.0. The number of anilines is 1. The summed E-state index contributed by atoms with van der Waals surface area (Å²) in [5.74, 6) is -1.58. The van der Waals surface area contributed by atoms with Gasteiger partial charge in [-0.15, -0.1) is 0 Å². The lowest BCUT2D eigenvalue weighted by Crippen LogP contribution is -2.37. The smallest absolute Gasteiger partial charge is 0.342 e. The van der Waals surface area contributed by atoms with Gasteiger partial charge in [-0.3, -0.25) is 14.2 Å². The number of benzene rings is 1. The Balaban J connectivity index is 1.26. The molecule has 1 saturated carbocycles. The van der Waals surface area contributed by atoms with Crippen molar-refractivity contribution in [3.8, 4) is 11.8 Å². The van der Waals surface area contributed by atoms with Crippen molar-refractivity contribution in [1.29, 1.82) is 5.26 Å². The Kier molecular flexibility index (Phi) is 12.4. The third-order valence-corrected chi connectivity index (χ3v) is 10.5. The van der Waals surface area contributed by atoms with Crippen LogP contribution < -0.4 is 14.9 Å². The first-order chi connectivity index (χ1) is 23.9. The van der Waals surface area contributed by atoms with Crippen LogP contribution in [0.15, 0.2) is 42.6 Å². The van der Waals surface area contributed by atoms with Gasteiger partial charge in [-0.1, -0.05) is 56.5 Å². The van der Waals surface area contributed by atoms with Crippen LogP contribution in [0.1, 0.15) is 58.2 Å². The summed E-state index contributed by atoms with van der Waals surface area (Å²) in [6, 6.07) is 11.1. The van der Waals surface area contributed by atoms with Gasteiger partial charge in [-0.2, -0.15) is 5.26 Å². The molecule has 2 aromatic heterocycles. The van der Waals surface area contributed by atoms with Crippen molar-refractivity contribution in [2.24, 2.45) is 5.92 Å². The first kappa shape index (κ1) is 37.5. The largest absolute Gasteiger partial charge is 0.431 e. The molecule has 4 N–H and O–H groups in total. The minimum atomic E-state index is -3.98. The standard InChI is InChI=1S/C33H41ClN5O10P/c1-19(2)32(42)46-17-47-33(43)20(3)38-50(44,49-22-11-5-4-6-12-22)18-45-16-25-27(40)28(41)31(48-25)39-14-13-23-26(36-21-9-7-8-10-21)24(15-35)29(34)37-30(23)39/h4-6,11-14,19-21,25,27-28,31,40-41H,7-10,16-18H2,1-3H3,(H,36,37)(H,38,44)/t20?,25-,27-,28-,31-,50?/m1/s1. The van der Waals surface area contributed by atoms with E-state index in [1.807, 2.05) is 0 Å². The van der Waals surface area contributed by atoms with Gasteiger partial charge in [0.2, 0.25) is 6.79 Å². The zero-order valence-electron chi connectivity index (χ0n) is 27.9. The molecule has 5 rings (SSSR count). The second-order valence-corrected chi connectivity index (χ2v) is 14.9. The Morgan fingerprint density at radius 3 is 2.50 bits per heavy atom. The third kappa shape index (κ3) is 8.76. The summed E-state index contributed by atoms with van der Waals surface area (Å²) in [5, 5.41) is 38.5. The summed E-state index contributed by atoms with van der Waals surface area (Å²) in [7, 11) is -3.98. The van der Waals surface area contributed by atoms with E-state index in [1.54, 1.807) is 56.4 Å². The fraction of sp³-hybridized carbons (Fsp3) is 0.515. The molecule has 50 heavy (non-hydrogen) atoms. The summed E-state index contributed by atoms with van der Waals surface area (Å²) in [4.78, 5) is 28.7.